The topological polar surface area (TPSA) is 73.6 Å². The lowest BCUT2D eigenvalue weighted by Gasteiger charge is -2.11. The van der Waals surface area contributed by atoms with Crippen LogP contribution in [0.15, 0.2) is 24.3 Å². The molecular formula is C15H14ClN5. The third-order valence-corrected chi connectivity index (χ3v) is 3.63. The summed E-state index contributed by atoms with van der Waals surface area (Å²) in [4.78, 5) is 9.00. The minimum absolute atomic E-state index is 0.458. The monoisotopic (exact) mass is 299 g/mol. The van der Waals surface area contributed by atoms with Gasteiger partial charge in [0.05, 0.1) is 22.3 Å². The second kappa shape index (κ2) is 5.58. The Kier molecular flexibility index (Phi) is 3.63. The first-order valence-electron chi connectivity index (χ1n) is 6.73. The smallest absolute Gasteiger partial charge is 0.136 e. The second-order valence-electron chi connectivity index (χ2n) is 4.95. The Morgan fingerprint density at radius 2 is 2.00 bits per heavy atom. The number of nitrogens with zero attached hydrogens (tertiary/aromatic N) is 3. The lowest BCUT2D eigenvalue weighted by molar-refractivity contribution is 0.932. The molecule has 1 saturated carbocycles. The van der Waals surface area contributed by atoms with Crippen LogP contribution in [0.3, 0.4) is 0 Å². The first kappa shape index (κ1) is 13.7. The van der Waals surface area contributed by atoms with Gasteiger partial charge in [0.2, 0.25) is 0 Å². The SMILES string of the molecule is CNc1cc(Nc2cc(C#N)ccc2Cl)nc(C2CC2)n1. The van der Waals surface area contributed by atoms with E-state index in [4.69, 9.17) is 16.9 Å². The van der Waals surface area contributed by atoms with Crippen LogP contribution in [-0.2, 0) is 0 Å². The van der Waals surface area contributed by atoms with E-state index in [1.54, 1.807) is 18.2 Å². The summed E-state index contributed by atoms with van der Waals surface area (Å²) in [5.74, 6) is 2.74. The van der Waals surface area contributed by atoms with E-state index in [1.165, 1.54) is 0 Å². The molecule has 0 spiro atoms. The van der Waals surface area contributed by atoms with E-state index >= 15 is 0 Å². The molecule has 21 heavy (non-hydrogen) atoms. The standard InChI is InChI=1S/C15H14ClN5/c1-18-13-7-14(21-15(20-13)10-3-4-10)19-12-6-9(8-17)2-5-11(12)16/h2,5-7,10H,3-4H2,1H3,(H2,18,19,20,21). The zero-order valence-electron chi connectivity index (χ0n) is 11.5. The largest absolute Gasteiger partial charge is 0.373 e. The molecule has 0 unspecified atom stereocenters. The van der Waals surface area contributed by atoms with Gasteiger partial charge in [-0.05, 0) is 31.0 Å². The van der Waals surface area contributed by atoms with Crippen molar-refractivity contribution >= 4 is 28.9 Å². The van der Waals surface area contributed by atoms with Gasteiger partial charge in [-0.1, -0.05) is 11.6 Å². The molecule has 1 aromatic carbocycles. The fourth-order valence-electron chi connectivity index (χ4n) is 2.01. The van der Waals surface area contributed by atoms with Crippen molar-refractivity contribution in [2.24, 2.45) is 0 Å². The molecule has 0 bridgehead atoms. The summed E-state index contributed by atoms with van der Waals surface area (Å²) >= 11 is 6.16. The van der Waals surface area contributed by atoms with E-state index in [0.29, 0.717) is 28.0 Å². The van der Waals surface area contributed by atoms with Crippen LogP contribution in [0.5, 0.6) is 0 Å². The summed E-state index contributed by atoms with van der Waals surface area (Å²) in [6.45, 7) is 0. The van der Waals surface area contributed by atoms with Crippen LogP contribution in [-0.4, -0.2) is 17.0 Å². The van der Waals surface area contributed by atoms with Crippen molar-refractivity contribution in [2.75, 3.05) is 17.7 Å². The Labute approximate surface area is 128 Å². The number of benzene rings is 1. The van der Waals surface area contributed by atoms with Gasteiger partial charge in [-0.25, -0.2) is 9.97 Å². The summed E-state index contributed by atoms with van der Waals surface area (Å²) < 4.78 is 0. The molecule has 106 valence electrons. The normalized spacial score (nSPS) is 13.6. The van der Waals surface area contributed by atoms with Crippen LogP contribution >= 0.6 is 11.6 Å². The molecule has 0 radical (unpaired) electrons. The van der Waals surface area contributed by atoms with Crippen LogP contribution in [0.2, 0.25) is 5.02 Å². The average Bonchev–Trinajstić information content (AvgIpc) is 3.34. The molecule has 0 aliphatic heterocycles. The highest BCUT2D eigenvalue weighted by atomic mass is 35.5. The molecular weight excluding hydrogens is 286 g/mol. The first-order valence-corrected chi connectivity index (χ1v) is 7.11. The zero-order chi connectivity index (χ0) is 14.8. The summed E-state index contributed by atoms with van der Waals surface area (Å²) in [5, 5.41) is 15.7. The molecule has 5 nitrogen and oxygen atoms in total. The predicted octanol–water partition coefficient (Wildman–Crippen LogP) is 3.66. The highest BCUT2D eigenvalue weighted by molar-refractivity contribution is 6.33. The maximum Gasteiger partial charge on any atom is 0.136 e. The summed E-state index contributed by atoms with van der Waals surface area (Å²) in [6, 6.07) is 9.01. The Bertz CT molecular complexity index is 718. The molecule has 2 N–H and O–H groups in total. The van der Waals surface area contributed by atoms with Crippen molar-refractivity contribution in [3.05, 3.63) is 40.7 Å². The van der Waals surface area contributed by atoms with E-state index in [2.05, 4.69) is 26.7 Å². The fourth-order valence-corrected chi connectivity index (χ4v) is 2.18. The molecule has 6 heteroatoms. The number of nitrogens with one attached hydrogen (secondary N) is 2. The number of hydrogen-bond acceptors (Lipinski definition) is 5. The second-order valence-corrected chi connectivity index (χ2v) is 5.36. The van der Waals surface area contributed by atoms with Crippen molar-refractivity contribution in [1.82, 2.24) is 9.97 Å². The van der Waals surface area contributed by atoms with Crippen LogP contribution in [0.1, 0.15) is 30.1 Å². The summed E-state index contributed by atoms with van der Waals surface area (Å²) in [6.07, 6.45) is 2.27. The van der Waals surface area contributed by atoms with Gasteiger partial charge in [-0.3, -0.25) is 0 Å². The number of hydrogen-bond donors (Lipinski definition) is 2. The van der Waals surface area contributed by atoms with Gasteiger partial charge >= 0.3 is 0 Å². The van der Waals surface area contributed by atoms with Crippen LogP contribution in [0, 0.1) is 11.3 Å². The Balaban J connectivity index is 1.94. The average molecular weight is 300 g/mol. The molecule has 2 aromatic rings. The number of halogens is 1. The third-order valence-electron chi connectivity index (χ3n) is 3.30. The lowest BCUT2D eigenvalue weighted by Crippen LogP contribution is -2.03. The van der Waals surface area contributed by atoms with E-state index in [1.807, 2.05) is 13.1 Å². The van der Waals surface area contributed by atoms with Crippen molar-refractivity contribution < 1.29 is 0 Å². The summed E-state index contributed by atoms with van der Waals surface area (Å²) in [5.41, 5.74) is 1.21. The van der Waals surface area contributed by atoms with E-state index in [-0.39, 0.29) is 0 Å². The number of anilines is 3. The van der Waals surface area contributed by atoms with Gasteiger partial charge in [-0.2, -0.15) is 5.26 Å². The number of aromatic nitrogens is 2. The minimum atomic E-state index is 0.458. The maximum absolute atomic E-state index is 8.97. The maximum atomic E-state index is 8.97. The number of rotatable bonds is 4. The molecule has 0 atom stereocenters. The zero-order valence-corrected chi connectivity index (χ0v) is 12.3. The lowest BCUT2D eigenvalue weighted by atomic mass is 10.2. The van der Waals surface area contributed by atoms with Crippen molar-refractivity contribution in [3.63, 3.8) is 0 Å². The van der Waals surface area contributed by atoms with Crippen molar-refractivity contribution in [1.29, 1.82) is 5.26 Å². The minimum Gasteiger partial charge on any atom is -0.373 e. The predicted molar refractivity (Wildman–Crippen MR) is 83.0 cm³/mol. The van der Waals surface area contributed by atoms with Gasteiger partial charge < -0.3 is 10.6 Å². The molecule has 0 saturated heterocycles. The van der Waals surface area contributed by atoms with Gasteiger partial charge in [0.1, 0.15) is 17.5 Å². The molecule has 3 rings (SSSR count). The summed E-state index contributed by atoms with van der Waals surface area (Å²) in [7, 11) is 1.83. The molecule has 1 aliphatic rings. The molecule has 0 amide bonds. The van der Waals surface area contributed by atoms with E-state index in [9.17, 15) is 0 Å². The molecule has 1 fully saturated rings. The number of nitriles is 1. The van der Waals surface area contributed by atoms with E-state index < -0.39 is 0 Å². The van der Waals surface area contributed by atoms with Crippen molar-refractivity contribution in [3.8, 4) is 6.07 Å². The van der Waals surface area contributed by atoms with Gasteiger partial charge in [0, 0.05) is 19.0 Å². The Morgan fingerprint density at radius 3 is 2.67 bits per heavy atom. The van der Waals surface area contributed by atoms with Crippen LogP contribution < -0.4 is 10.6 Å². The third kappa shape index (κ3) is 3.06. The molecule has 1 aromatic heterocycles. The highest BCUT2D eigenvalue weighted by Gasteiger charge is 2.27. The Morgan fingerprint density at radius 1 is 1.24 bits per heavy atom. The van der Waals surface area contributed by atoms with Gasteiger partial charge in [-0.15, -0.1) is 0 Å². The fraction of sp³-hybridized carbons (Fsp3) is 0.267. The van der Waals surface area contributed by atoms with Crippen molar-refractivity contribution in [2.45, 2.75) is 18.8 Å². The van der Waals surface area contributed by atoms with Gasteiger partial charge in [0.15, 0.2) is 0 Å². The quantitative estimate of drug-likeness (QED) is 0.901. The van der Waals surface area contributed by atoms with E-state index in [0.717, 1.165) is 24.5 Å². The Hall–Kier alpha value is -2.32. The van der Waals surface area contributed by atoms with Crippen LogP contribution in [0.4, 0.5) is 17.3 Å². The van der Waals surface area contributed by atoms with Gasteiger partial charge in [0.25, 0.3) is 0 Å². The first-order chi connectivity index (χ1) is 10.2. The van der Waals surface area contributed by atoms with Crippen LogP contribution in [0.25, 0.3) is 0 Å². The molecule has 1 heterocycles. The molecule has 1 aliphatic carbocycles. The highest BCUT2D eigenvalue weighted by Crippen LogP contribution is 2.39.